The number of aliphatic carboxylic acids is 1. The third-order valence-corrected chi connectivity index (χ3v) is 6.89. The van der Waals surface area contributed by atoms with E-state index >= 15 is 0 Å². The van der Waals surface area contributed by atoms with Crippen molar-refractivity contribution in [3.63, 3.8) is 0 Å². The maximum absolute atomic E-state index is 13.1. The molecule has 168 valence electrons. The van der Waals surface area contributed by atoms with Crippen LogP contribution in [0.1, 0.15) is 38.3 Å². The number of benzene rings is 2. The maximum Gasteiger partial charge on any atom is 0.311 e. The zero-order valence-corrected chi connectivity index (χ0v) is 19.7. The van der Waals surface area contributed by atoms with Gasteiger partial charge in [0.15, 0.2) is 9.84 Å². The van der Waals surface area contributed by atoms with Gasteiger partial charge in [-0.3, -0.25) is 9.59 Å². The Balaban J connectivity index is 2.38. The molecule has 1 unspecified atom stereocenters. The SMILES string of the molecule is CC(C)(C)OC(=O)C(CC(=O)O)CS(=O)(=O)c1cc(Cl)c(Cl)c(Cc2ccccc2)c1. The van der Waals surface area contributed by atoms with E-state index in [4.69, 9.17) is 33.0 Å². The van der Waals surface area contributed by atoms with Crippen molar-refractivity contribution in [3.05, 3.63) is 63.6 Å². The Kier molecular flexibility index (Phi) is 8.14. The fourth-order valence-corrected chi connectivity index (χ4v) is 4.98. The van der Waals surface area contributed by atoms with E-state index in [0.717, 1.165) is 5.56 Å². The molecule has 0 saturated heterocycles. The monoisotopic (exact) mass is 486 g/mol. The molecule has 2 rings (SSSR count). The standard InChI is InChI=1S/C22H24Cl2O6S/c1-22(2,3)30-21(27)16(11-19(25)26)13-31(28,29)17-10-15(20(24)18(23)12-17)9-14-7-5-4-6-8-14/h4-8,10,12,16H,9,11,13H2,1-3H3,(H,25,26). The van der Waals surface area contributed by atoms with Crippen molar-refractivity contribution in [3.8, 4) is 0 Å². The number of halogens is 2. The molecule has 0 aromatic heterocycles. The molecular formula is C22H24Cl2O6S. The van der Waals surface area contributed by atoms with Crippen LogP contribution in [-0.2, 0) is 30.6 Å². The third kappa shape index (κ3) is 7.52. The molecule has 2 aromatic carbocycles. The molecule has 9 heteroatoms. The number of carbonyl (C=O) groups is 2. The fraction of sp³-hybridized carbons (Fsp3) is 0.364. The number of carboxylic acid groups (broad SMARTS) is 1. The van der Waals surface area contributed by atoms with E-state index in [9.17, 15) is 18.0 Å². The summed E-state index contributed by atoms with van der Waals surface area (Å²) in [5.41, 5.74) is 0.530. The molecule has 31 heavy (non-hydrogen) atoms. The minimum absolute atomic E-state index is 0.0562. The van der Waals surface area contributed by atoms with Gasteiger partial charge in [-0.15, -0.1) is 0 Å². The number of carbonyl (C=O) groups excluding carboxylic acids is 1. The van der Waals surface area contributed by atoms with E-state index in [1.165, 1.54) is 12.1 Å². The molecule has 0 bridgehead atoms. The van der Waals surface area contributed by atoms with Crippen LogP contribution in [0.15, 0.2) is 47.4 Å². The van der Waals surface area contributed by atoms with E-state index < -0.39 is 45.5 Å². The van der Waals surface area contributed by atoms with E-state index in [1.807, 2.05) is 30.3 Å². The van der Waals surface area contributed by atoms with E-state index in [0.29, 0.717) is 12.0 Å². The highest BCUT2D eigenvalue weighted by molar-refractivity contribution is 7.91. The third-order valence-electron chi connectivity index (χ3n) is 4.26. The zero-order chi connectivity index (χ0) is 23.4. The predicted octanol–water partition coefficient (Wildman–Crippen LogP) is 4.79. The molecule has 0 fully saturated rings. The highest BCUT2D eigenvalue weighted by Crippen LogP contribution is 2.32. The Hall–Kier alpha value is -2.09. The van der Waals surface area contributed by atoms with Crippen LogP contribution < -0.4 is 0 Å². The molecular weight excluding hydrogens is 463 g/mol. The molecule has 0 aliphatic rings. The zero-order valence-electron chi connectivity index (χ0n) is 17.4. The number of hydrogen-bond donors (Lipinski definition) is 1. The van der Waals surface area contributed by atoms with Crippen molar-refractivity contribution in [2.45, 2.75) is 44.1 Å². The number of sulfone groups is 1. The van der Waals surface area contributed by atoms with Crippen molar-refractivity contribution in [2.75, 3.05) is 5.75 Å². The van der Waals surface area contributed by atoms with Gasteiger partial charge in [-0.1, -0.05) is 53.5 Å². The molecule has 1 N–H and O–H groups in total. The Morgan fingerprint density at radius 1 is 1.10 bits per heavy atom. The largest absolute Gasteiger partial charge is 0.481 e. The van der Waals surface area contributed by atoms with Gasteiger partial charge in [-0.05, 0) is 50.5 Å². The summed E-state index contributed by atoms with van der Waals surface area (Å²) in [6.07, 6.45) is -0.320. The van der Waals surface area contributed by atoms with E-state index in [1.54, 1.807) is 20.8 Å². The molecule has 0 aliphatic carbocycles. The van der Waals surface area contributed by atoms with Gasteiger partial charge in [0, 0.05) is 0 Å². The Bertz CT molecular complexity index is 1060. The number of esters is 1. The van der Waals surface area contributed by atoms with Gasteiger partial charge in [-0.25, -0.2) is 8.42 Å². The highest BCUT2D eigenvalue weighted by Gasteiger charge is 2.33. The van der Waals surface area contributed by atoms with Gasteiger partial charge in [0.25, 0.3) is 0 Å². The van der Waals surface area contributed by atoms with Gasteiger partial charge in [0.05, 0.1) is 33.0 Å². The Labute approximate surface area is 192 Å². The predicted molar refractivity (Wildman–Crippen MR) is 119 cm³/mol. The van der Waals surface area contributed by atoms with Crippen LogP contribution in [0.25, 0.3) is 0 Å². The van der Waals surface area contributed by atoms with Gasteiger partial charge in [-0.2, -0.15) is 0 Å². The minimum Gasteiger partial charge on any atom is -0.481 e. The second-order valence-corrected chi connectivity index (χ2v) is 11.0. The van der Waals surface area contributed by atoms with Crippen molar-refractivity contribution >= 4 is 45.0 Å². The lowest BCUT2D eigenvalue weighted by Crippen LogP contribution is -2.33. The molecule has 0 heterocycles. The first-order valence-corrected chi connectivity index (χ1v) is 11.9. The van der Waals surface area contributed by atoms with Gasteiger partial charge in [0.1, 0.15) is 5.60 Å². The molecule has 6 nitrogen and oxygen atoms in total. The lowest BCUT2D eigenvalue weighted by Gasteiger charge is -2.23. The molecule has 2 aromatic rings. The normalized spacial score (nSPS) is 12.9. The maximum atomic E-state index is 13.1. The molecule has 0 saturated carbocycles. The molecule has 0 spiro atoms. The summed E-state index contributed by atoms with van der Waals surface area (Å²) in [7, 11) is -4.07. The average molecular weight is 487 g/mol. The lowest BCUT2D eigenvalue weighted by atomic mass is 10.1. The van der Waals surface area contributed by atoms with E-state index in [-0.39, 0.29) is 14.9 Å². The second-order valence-electron chi connectivity index (χ2n) is 8.15. The number of hydrogen-bond acceptors (Lipinski definition) is 5. The molecule has 0 amide bonds. The minimum atomic E-state index is -4.07. The van der Waals surface area contributed by atoms with Crippen LogP contribution in [0.3, 0.4) is 0 Å². The lowest BCUT2D eigenvalue weighted by molar-refractivity contribution is -0.161. The fourth-order valence-electron chi connectivity index (χ4n) is 2.91. The Morgan fingerprint density at radius 2 is 1.71 bits per heavy atom. The summed E-state index contributed by atoms with van der Waals surface area (Å²) in [5.74, 6) is -4.28. The smallest absolute Gasteiger partial charge is 0.311 e. The first-order valence-electron chi connectivity index (χ1n) is 9.48. The average Bonchev–Trinajstić information content (AvgIpc) is 2.63. The van der Waals surface area contributed by atoms with Gasteiger partial charge in [0.2, 0.25) is 0 Å². The van der Waals surface area contributed by atoms with Gasteiger partial charge < -0.3 is 9.84 Å². The van der Waals surface area contributed by atoms with Crippen LogP contribution >= 0.6 is 23.2 Å². The molecule has 1 atom stereocenters. The van der Waals surface area contributed by atoms with Gasteiger partial charge >= 0.3 is 11.9 Å². The quantitative estimate of drug-likeness (QED) is 0.538. The van der Waals surface area contributed by atoms with E-state index in [2.05, 4.69) is 0 Å². The number of rotatable bonds is 8. The summed E-state index contributed by atoms with van der Waals surface area (Å²) in [6, 6.07) is 11.9. The van der Waals surface area contributed by atoms with Crippen molar-refractivity contribution in [1.82, 2.24) is 0 Å². The van der Waals surface area contributed by atoms with Crippen molar-refractivity contribution in [1.29, 1.82) is 0 Å². The van der Waals surface area contributed by atoms with Crippen LogP contribution in [0.5, 0.6) is 0 Å². The van der Waals surface area contributed by atoms with Crippen LogP contribution in [0.4, 0.5) is 0 Å². The number of ether oxygens (including phenoxy) is 1. The first kappa shape index (κ1) is 25.2. The van der Waals surface area contributed by atoms with Crippen LogP contribution in [-0.4, -0.2) is 36.8 Å². The summed E-state index contributed by atoms with van der Waals surface area (Å²) >= 11 is 12.5. The Morgan fingerprint density at radius 3 is 2.26 bits per heavy atom. The highest BCUT2D eigenvalue weighted by atomic mass is 35.5. The van der Waals surface area contributed by atoms with Crippen LogP contribution in [0, 0.1) is 5.92 Å². The van der Waals surface area contributed by atoms with Crippen molar-refractivity contribution in [2.24, 2.45) is 5.92 Å². The summed E-state index contributed by atoms with van der Waals surface area (Å²) in [4.78, 5) is 23.5. The second kappa shape index (κ2) is 10.0. The molecule has 0 aliphatic heterocycles. The van der Waals surface area contributed by atoms with Crippen molar-refractivity contribution < 1.29 is 27.9 Å². The molecule has 0 radical (unpaired) electrons. The summed E-state index contributed by atoms with van der Waals surface area (Å²) in [5, 5.41) is 9.44. The summed E-state index contributed by atoms with van der Waals surface area (Å²) < 4.78 is 31.3. The topological polar surface area (TPSA) is 97.7 Å². The number of carboxylic acids is 1. The summed E-state index contributed by atoms with van der Waals surface area (Å²) in [6.45, 7) is 4.85. The van der Waals surface area contributed by atoms with Crippen LogP contribution in [0.2, 0.25) is 10.0 Å². The first-order chi connectivity index (χ1) is 14.3.